The van der Waals surface area contributed by atoms with Gasteiger partial charge in [0.2, 0.25) is 0 Å². The fourth-order valence-corrected chi connectivity index (χ4v) is 1.16. The standard InChI is InChI=1S/C7H4BrClFNO/c8-4-1-2-5(10)6(3-4)11-7(9)12/h1-3H,(H,11,12). The predicted octanol–water partition coefficient (Wildman–Crippen LogP) is 3.36. The maximum absolute atomic E-state index is 12.8. The van der Waals surface area contributed by atoms with Crippen LogP contribution >= 0.6 is 27.5 Å². The lowest BCUT2D eigenvalue weighted by Crippen LogP contribution is -2.02. The number of amides is 1. The second-order valence-corrected chi connectivity index (χ2v) is 3.28. The average Bonchev–Trinajstić information content (AvgIpc) is 1.96. The maximum atomic E-state index is 12.8. The molecule has 0 radical (unpaired) electrons. The Hall–Kier alpha value is -0.610. The van der Waals surface area contributed by atoms with E-state index in [-0.39, 0.29) is 5.69 Å². The van der Waals surface area contributed by atoms with Crippen molar-refractivity contribution in [2.24, 2.45) is 0 Å². The highest BCUT2D eigenvalue weighted by Gasteiger charge is 2.04. The number of rotatable bonds is 1. The fourth-order valence-electron chi connectivity index (χ4n) is 0.699. The highest BCUT2D eigenvalue weighted by Crippen LogP contribution is 2.20. The molecule has 0 bridgehead atoms. The van der Waals surface area contributed by atoms with E-state index in [1.54, 1.807) is 0 Å². The molecule has 0 atom stereocenters. The van der Waals surface area contributed by atoms with Gasteiger partial charge >= 0.3 is 5.37 Å². The van der Waals surface area contributed by atoms with Gasteiger partial charge in [-0.2, -0.15) is 0 Å². The highest BCUT2D eigenvalue weighted by atomic mass is 79.9. The smallest absolute Gasteiger partial charge is 0.310 e. The SMILES string of the molecule is O=C(Cl)Nc1cc(Br)ccc1F. The Balaban J connectivity index is 2.97. The van der Waals surface area contributed by atoms with Crippen LogP contribution < -0.4 is 5.32 Å². The molecule has 1 N–H and O–H groups in total. The Bertz CT molecular complexity index is 318. The van der Waals surface area contributed by atoms with Gasteiger partial charge in [-0.15, -0.1) is 0 Å². The van der Waals surface area contributed by atoms with E-state index in [9.17, 15) is 9.18 Å². The van der Waals surface area contributed by atoms with Gasteiger partial charge in [0.15, 0.2) is 0 Å². The van der Waals surface area contributed by atoms with Crippen molar-refractivity contribution in [3.05, 3.63) is 28.5 Å². The van der Waals surface area contributed by atoms with Crippen LogP contribution in [0.15, 0.2) is 22.7 Å². The molecule has 1 amide bonds. The van der Waals surface area contributed by atoms with E-state index in [0.29, 0.717) is 4.47 Å². The lowest BCUT2D eigenvalue weighted by atomic mass is 10.3. The zero-order chi connectivity index (χ0) is 9.14. The molecule has 1 aromatic rings. The second kappa shape index (κ2) is 3.87. The highest BCUT2D eigenvalue weighted by molar-refractivity contribution is 9.10. The molecule has 0 fully saturated rings. The summed E-state index contributed by atoms with van der Waals surface area (Å²) in [6, 6.07) is 4.18. The Kier molecular flexibility index (Phi) is 3.05. The van der Waals surface area contributed by atoms with E-state index < -0.39 is 11.2 Å². The van der Waals surface area contributed by atoms with Gasteiger partial charge in [0.25, 0.3) is 0 Å². The summed E-state index contributed by atoms with van der Waals surface area (Å²) in [6.07, 6.45) is 0. The normalized spacial score (nSPS) is 9.58. The number of carbonyl (C=O) groups excluding carboxylic acids is 1. The second-order valence-electron chi connectivity index (χ2n) is 2.02. The summed E-state index contributed by atoms with van der Waals surface area (Å²) >= 11 is 8.13. The van der Waals surface area contributed by atoms with E-state index in [2.05, 4.69) is 21.2 Å². The molecule has 0 aliphatic carbocycles. The molecule has 0 aromatic heterocycles. The van der Waals surface area contributed by atoms with Crippen LogP contribution in [0.25, 0.3) is 0 Å². The number of halogens is 3. The van der Waals surface area contributed by atoms with Crippen molar-refractivity contribution in [3.63, 3.8) is 0 Å². The molecule has 0 saturated carbocycles. The minimum atomic E-state index is -0.813. The number of carbonyl (C=O) groups is 1. The monoisotopic (exact) mass is 251 g/mol. The largest absolute Gasteiger partial charge is 0.318 e. The van der Waals surface area contributed by atoms with Gasteiger partial charge < -0.3 is 5.32 Å². The van der Waals surface area contributed by atoms with Gasteiger partial charge in [0.05, 0.1) is 5.69 Å². The van der Waals surface area contributed by atoms with Crippen LogP contribution in [0.1, 0.15) is 0 Å². The van der Waals surface area contributed by atoms with E-state index in [0.717, 1.165) is 0 Å². The Morgan fingerprint density at radius 1 is 1.58 bits per heavy atom. The number of nitrogens with one attached hydrogen (secondary N) is 1. The molecule has 0 unspecified atom stereocenters. The van der Waals surface area contributed by atoms with Crippen molar-refractivity contribution < 1.29 is 9.18 Å². The van der Waals surface area contributed by atoms with Gasteiger partial charge in [-0.3, -0.25) is 4.79 Å². The molecule has 12 heavy (non-hydrogen) atoms. The molecule has 0 spiro atoms. The molecule has 0 aliphatic rings. The van der Waals surface area contributed by atoms with Gasteiger partial charge in [0, 0.05) is 4.47 Å². The molecule has 1 aromatic carbocycles. The van der Waals surface area contributed by atoms with Crippen LogP contribution in [-0.2, 0) is 0 Å². The van der Waals surface area contributed by atoms with Crippen LogP contribution in [-0.4, -0.2) is 5.37 Å². The summed E-state index contributed by atoms with van der Waals surface area (Å²) in [7, 11) is 0. The van der Waals surface area contributed by atoms with Crippen molar-refractivity contribution in [2.45, 2.75) is 0 Å². The summed E-state index contributed by atoms with van der Waals surface area (Å²) in [5.74, 6) is -0.521. The van der Waals surface area contributed by atoms with Crippen molar-refractivity contribution in [1.29, 1.82) is 0 Å². The molecule has 0 saturated heterocycles. The zero-order valence-electron chi connectivity index (χ0n) is 5.77. The minimum absolute atomic E-state index is 0.0596. The topological polar surface area (TPSA) is 29.1 Å². The third-order valence-corrected chi connectivity index (χ3v) is 1.75. The molecule has 0 heterocycles. The van der Waals surface area contributed by atoms with E-state index in [4.69, 9.17) is 11.6 Å². The number of benzene rings is 1. The number of anilines is 1. The molecular formula is C7H4BrClFNO. The minimum Gasteiger partial charge on any atom is -0.310 e. The predicted molar refractivity (Wildman–Crippen MR) is 49.0 cm³/mol. The number of hydrogen-bond acceptors (Lipinski definition) is 1. The summed E-state index contributed by atoms with van der Waals surface area (Å²) in [5, 5.41) is 1.32. The third kappa shape index (κ3) is 2.46. The molecule has 1 rings (SSSR count). The van der Waals surface area contributed by atoms with Gasteiger partial charge in [-0.25, -0.2) is 4.39 Å². The van der Waals surface area contributed by atoms with Crippen LogP contribution in [0.3, 0.4) is 0 Å². The molecule has 2 nitrogen and oxygen atoms in total. The number of hydrogen-bond donors (Lipinski definition) is 1. The summed E-state index contributed by atoms with van der Waals surface area (Å²) in [4.78, 5) is 10.3. The molecule has 64 valence electrons. The first kappa shape index (κ1) is 9.48. The third-order valence-electron chi connectivity index (χ3n) is 1.16. The first-order valence-electron chi connectivity index (χ1n) is 3.01. The Labute approximate surface area is 81.8 Å². The van der Waals surface area contributed by atoms with E-state index in [1.807, 2.05) is 0 Å². The van der Waals surface area contributed by atoms with Gasteiger partial charge in [-0.05, 0) is 29.8 Å². The lowest BCUT2D eigenvalue weighted by Gasteiger charge is -2.01. The van der Waals surface area contributed by atoms with Crippen molar-refractivity contribution in [1.82, 2.24) is 0 Å². The fraction of sp³-hybridized carbons (Fsp3) is 0. The van der Waals surface area contributed by atoms with Gasteiger partial charge in [0.1, 0.15) is 5.82 Å². The Morgan fingerprint density at radius 3 is 2.83 bits per heavy atom. The first-order chi connectivity index (χ1) is 5.59. The summed E-state index contributed by atoms with van der Waals surface area (Å²) < 4.78 is 13.5. The maximum Gasteiger partial charge on any atom is 0.318 e. The van der Waals surface area contributed by atoms with E-state index in [1.165, 1.54) is 18.2 Å². The first-order valence-corrected chi connectivity index (χ1v) is 4.18. The summed E-state index contributed by atoms with van der Waals surface area (Å²) in [6.45, 7) is 0. The molecular weight excluding hydrogens is 248 g/mol. The van der Waals surface area contributed by atoms with Crippen LogP contribution in [0, 0.1) is 5.82 Å². The summed E-state index contributed by atoms with van der Waals surface area (Å²) in [5.41, 5.74) is 0.0596. The van der Waals surface area contributed by atoms with Crippen LogP contribution in [0.2, 0.25) is 0 Å². The van der Waals surface area contributed by atoms with Crippen LogP contribution in [0.5, 0.6) is 0 Å². The lowest BCUT2D eigenvalue weighted by molar-refractivity contribution is 0.269. The van der Waals surface area contributed by atoms with Gasteiger partial charge in [-0.1, -0.05) is 15.9 Å². The molecule has 5 heteroatoms. The quantitative estimate of drug-likeness (QED) is 0.603. The van der Waals surface area contributed by atoms with Crippen molar-refractivity contribution >= 4 is 38.6 Å². The Morgan fingerprint density at radius 2 is 2.25 bits per heavy atom. The molecule has 0 aliphatic heterocycles. The van der Waals surface area contributed by atoms with Crippen molar-refractivity contribution in [3.8, 4) is 0 Å². The van der Waals surface area contributed by atoms with Crippen LogP contribution in [0.4, 0.5) is 14.9 Å². The average molecular weight is 252 g/mol. The van der Waals surface area contributed by atoms with Crippen molar-refractivity contribution in [2.75, 3.05) is 5.32 Å². The zero-order valence-corrected chi connectivity index (χ0v) is 8.12. The van der Waals surface area contributed by atoms with E-state index >= 15 is 0 Å².